The van der Waals surface area contributed by atoms with Crippen molar-refractivity contribution in [1.82, 2.24) is 5.32 Å². The van der Waals surface area contributed by atoms with Gasteiger partial charge in [0.05, 0.1) is 17.1 Å². The number of nitro benzene ring substituents is 1. The Morgan fingerprint density at radius 1 is 1.14 bits per heavy atom. The van der Waals surface area contributed by atoms with Gasteiger partial charge in [-0.1, -0.05) is 38.4 Å². The van der Waals surface area contributed by atoms with Crippen LogP contribution < -0.4 is 14.8 Å². The monoisotopic (exact) mass is 420 g/mol. The number of nitrogens with zero attached hydrogens (tertiary/aromatic N) is 1. The first-order valence-corrected chi connectivity index (χ1v) is 9.02. The van der Waals surface area contributed by atoms with Gasteiger partial charge in [0, 0.05) is 29.7 Å². The van der Waals surface area contributed by atoms with E-state index in [1.165, 1.54) is 37.4 Å². The van der Waals surface area contributed by atoms with Gasteiger partial charge >= 0.3 is 5.97 Å². The smallest absolute Gasteiger partial charge is 0.348 e. The highest BCUT2D eigenvalue weighted by Gasteiger charge is 2.24. The number of benzene rings is 2. The fourth-order valence-electron chi connectivity index (χ4n) is 2.40. The highest BCUT2D eigenvalue weighted by atomic mass is 35.5. The molecule has 1 N–H and O–H groups in total. The van der Waals surface area contributed by atoms with Crippen molar-refractivity contribution < 1.29 is 24.0 Å². The lowest BCUT2D eigenvalue weighted by Crippen LogP contribution is -2.34. The van der Waals surface area contributed by atoms with Crippen molar-refractivity contribution in [3.05, 3.63) is 62.7 Å². The zero-order valence-electron chi connectivity index (χ0n) is 16.4. The number of non-ortho nitro benzene ring substituents is 1. The van der Waals surface area contributed by atoms with Crippen LogP contribution in [0.25, 0.3) is 0 Å². The highest BCUT2D eigenvalue weighted by Crippen LogP contribution is 2.32. The third kappa shape index (κ3) is 5.45. The molecule has 0 bridgehead atoms. The number of esters is 1. The quantitative estimate of drug-likeness (QED) is 0.325. The second kappa shape index (κ2) is 8.91. The third-order valence-electron chi connectivity index (χ3n) is 3.98. The zero-order chi connectivity index (χ0) is 21.8. The normalized spacial score (nSPS) is 10.9. The van der Waals surface area contributed by atoms with E-state index >= 15 is 0 Å². The Morgan fingerprint density at radius 2 is 1.76 bits per heavy atom. The van der Waals surface area contributed by atoms with Crippen molar-refractivity contribution in [2.75, 3.05) is 7.11 Å². The molecule has 0 atom stereocenters. The van der Waals surface area contributed by atoms with Crippen molar-refractivity contribution in [3.63, 3.8) is 0 Å². The van der Waals surface area contributed by atoms with Crippen molar-refractivity contribution in [1.29, 1.82) is 0 Å². The average Bonchev–Trinajstić information content (AvgIpc) is 2.65. The van der Waals surface area contributed by atoms with Gasteiger partial charge < -0.3 is 14.8 Å². The molecule has 0 heterocycles. The number of amides is 1. The van der Waals surface area contributed by atoms with E-state index < -0.39 is 16.3 Å². The van der Waals surface area contributed by atoms with E-state index in [4.69, 9.17) is 21.1 Å². The summed E-state index contributed by atoms with van der Waals surface area (Å²) in [5.41, 5.74) is -0.158. The Balaban J connectivity index is 2.27. The van der Waals surface area contributed by atoms with Crippen molar-refractivity contribution >= 4 is 29.2 Å². The van der Waals surface area contributed by atoms with Crippen LogP contribution in [-0.4, -0.2) is 23.9 Å². The Kier molecular flexibility index (Phi) is 6.81. The summed E-state index contributed by atoms with van der Waals surface area (Å²) in [5, 5.41) is 13.6. The molecule has 0 aliphatic rings. The summed E-state index contributed by atoms with van der Waals surface area (Å²) in [6.45, 7) is 5.49. The van der Waals surface area contributed by atoms with Crippen LogP contribution in [0.1, 0.15) is 36.7 Å². The molecule has 0 aromatic heterocycles. The minimum Gasteiger partial charge on any atom is -0.495 e. The standard InChI is InChI=1S/C20H21ClN2O6/c1-20(2,3)19(25)22-11-12-5-10-15(21)16(17(12)28-4)18(24)29-14-8-6-13(7-9-14)23(26)27/h5-10H,11H2,1-4H3,(H,22,25). The summed E-state index contributed by atoms with van der Waals surface area (Å²) in [4.78, 5) is 35.0. The molecule has 0 saturated heterocycles. The largest absolute Gasteiger partial charge is 0.495 e. The summed E-state index contributed by atoms with van der Waals surface area (Å²) in [6, 6.07) is 8.22. The van der Waals surface area contributed by atoms with Crippen LogP contribution >= 0.6 is 11.6 Å². The third-order valence-corrected chi connectivity index (χ3v) is 4.29. The lowest BCUT2D eigenvalue weighted by molar-refractivity contribution is -0.384. The molecule has 0 saturated carbocycles. The van der Waals surface area contributed by atoms with Gasteiger partial charge in [-0.25, -0.2) is 4.79 Å². The summed E-state index contributed by atoms with van der Waals surface area (Å²) in [6.07, 6.45) is 0. The van der Waals surface area contributed by atoms with Crippen LogP contribution in [0.15, 0.2) is 36.4 Å². The second-order valence-electron chi connectivity index (χ2n) is 7.19. The van der Waals surface area contributed by atoms with Crippen LogP contribution in [0.3, 0.4) is 0 Å². The van der Waals surface area contributed by atoms with Crippen molar-refractivity contribution in [3.8, 4) is 11.5 Å². The molecule has 29 heavy (non-hydrogen) atoms. The number of rotatable bonds is 6. The molecule has 0 fully saturated rings. The van der Waals surface area contributed by atoms with Crippen LogP contribution in [0, 0.1) is 15.5 Å². The van der Waals surface area contributed by atoms with Gasteiger partial charge in [0.25, 0.3) is 5.69 Å². The van der Waals surface area contributed by atoms with Gasteiger partial charge in [-0.2, -0.15) is 0 Å². The van der Waals surface area contributed by atoms with E-state index in [-0.39, 0.29) is 40.2 Å². The van der Waals surface area contributed by atoms with Gasteiger partial charge in [-0.05, 0) is 18.2 Å². The van der Waals surface area contributed by atoms with Crippen molar-refractivity contribution in [2.24, 2.45) is 5.41 Å². The molecule has 8 nitrogen and oxygen atoms in total. The molecule has 154 valence electrons. The lowest BCUT2D eigenvalue weighted by atomic mass is 9.95. The fraction of sp³-hybridized carbons (Fsp3) is 0.300. The highest BCUT2D eigenvalue weighted by molar-refractivity contribution is 6.34. The second-order valence-corrected chi connectivity index (χ2v) is 7.60. The number of carbonyl (C=O) groups is 2. The molecular weight excluding hydrogens is 400 g/mol. The molecule has 2 aromatic carbocycles. The average molecular weight is 421 g/mol. The summed E-state index contributed by atoms with van der Waals surface area (Å²) >= 11 is 6.19. The molecule has 9 heteroatoms. The van der Waals surface area contributed by atoms with Crippen LogP contribution in [-0.2, 0) is 11.3 Å². The SMILES string of the molecule is COc1c(CNC(=O)C(C)(C)C)ccc(Cl)c1C(=O)Oc1ccc([N+](=O)[O-])cc1. The van der Waals surface area contributed by atoms with Gasteiger partial charge in [0.1, 0.15) is 17.1 Å². The summed E-state index contributed by atoms with van der Waals surface area (Å²) in [5.74, 6) is -0.655. The molecule has 0 aliphatic carbocycles. The molecule has 0 spiro atoms. The number of nitro groups is 1. The number of methoxy groups -OCH3 is 1. The fourth-order valence-corrected chi connectivity index (χ4v) is 2.62. The minimum atomic E-state index is -0.787. The van der Waals surface area contributed by atoms with Crippen LogP contribution in [0.2, 0.25) is 5.02 Å². The Bertz CT molecular complexity index is 935. The maximum absolute atomic E-state index is 12.7. The lowest BCUT2D eigenvalue weighted by Gasteiger charge is -2.19. The maximum atomic E-state index is 12.7. The molecular formula is C20H21ClN2O6. The molecule has 2 aromatic rings. The summed E-state index contributed by atoms with van der Waals surface area (Å²) < 4.78 is 10.6. The summed E-state index contributed by atoms with van der Waals surface area (Å²) in [7, 11) is 1.38. The number of halogens is 1. The topological polar surface area (TPSA) is 108 Å². The van der Waals surface area contributed by atoms with E-state index in [2.05, 4.69) is 5.32 Å². The molecule has 0 radical (unpaired) electrons. The first-order chi connectivity index (χ1) is 13.5. The molecule has 2 rings (SSSR count). The van der Waals surface area contributed by atoms with Gasteiger partial charge in [0.2, 0.25) is 5.91 Å². The first kappa shape index (κ1) is 22.2. The number of hydrogen-bond donors (Lipinski definition) is 1. The van der Waals surface area contributed by atoms with E-state index in [1.54, 1.807) is 26.8 Å². The van der Waals surface area contributed by atoms with E-state index in [0.717, 1.165) is 0 Å². The zero-order valence-corrected chi connectivity index (χ0v) is 17.2. The maximum Gasteiger partial charge on any atom is 0.348 e. The molecule has 0 aliphatic heterocycles. The Morgan fingerprint density at radius 3 is 2.28 bits per heavy atom. The van der Waals surface area contributed by atoms with Gasteiger partial charge in [0.15, 0.2) is 0 Å². The molecule has 1 amide bonds. The number of nitrogens with one attached hydrogen (secondary N) is 1. The number of ether oxygens (including phenoxy) is 2. The van der Waals surface area contributed by atoms with E-state index in [9.17, 15) is 19.7 Å². The Hall–Kier alpha value is -3.13. The van der Waals surface area contributed by atoms with Gasteiger partial charge in [-0.15, -0.1) is 0 Å². The Labute approximate surface area is 172 Å². The van der Waals surface area contributed by atoms with Crippen LogP contribution in [0.5, 0.6) is 11.5 Å². The van der Waals surface area contributed by atoms with E-state index in [0.29, 0.717) is 5.56 Å². The predicted molar refractivity (Wildman–Crippen MR) is 107 cm³/mol. The first-order valence-electron chi connectivity index (χ1n) is 8.65. The number of carbonyl (C=O) groups excluding carboxylic acids is 2. The number of hydrogen-bond acceptors (Lipinski definition) is 6. The van der Waals surface area contributed by atoms with Gasteiger partial charge in [-0.3, -0.25) is 14.9 Å². The minimum absolute atomic E-state index is 0.00460. The predicted octanol–water partition coefficient (Wildman–Crippen LogP) is 4.14. The molecule has 0 unspecified atom stereocenters. The van der Waals surface area contributed by atoms with Crippen molar-refractivity contribution in [2.45, 2.75) is 27.3 Å². The van der Waals surface area contributed by atoms with E-state index in [1.807, 2.05) is 0 Å². The van der Waals surface area contributed by atoms with Crippen LogP contribution in [0.4, 0.5) is 5.69 Å².